The Morgan fingerprint density at radius 2 is 2.33 bits per heavy atom. The van der Waals surface area contributed by atoms with Crippen LogP contribution >= 0.6 is 11.8 Å². The predicted octanol–water partition coefficient (Wildman–Crippen LogP) is 1.50. The molecule has 0 atom stereocenters. The Balaban J connectivity index is 2.86. The van der Waals surface area contributed by atoms with Gasteiger partial charge in [-0.05, 0) is 24.0 Å². The molecule has 0 amide bonds. The van der Waals surface area contributed by atoms with Crippen molar-refractivity contribution in [2.24, 2.45) is 5.90 Å². The lowest BCUT2D eigenvalue weighted by Gasteiger charge is -2.03. The Morgan fingerprint density at radius 3 is 2.83 bits per heavy atom. The van der Waals surface area contributed by atoms with Crippen LogP contribution < -0.4 is 5.90 Å². The van der Waals surface area contributed by atoms with Crippen molar-refractivity contribution in [3.63, 3.8) is 0 Å². The highest BCUT2D eigenvalue weighted by molar-refractivity contribution is 7.98. The molecule has 0 saturated heterocycles. The number of hydrogen-bond acceptors (Lipinski definition) is 4. The fourth-order valence-corrected chi connectivity index (χ4v) is 1.39. The van der Waals surface area contributed by atoms with Gasteiger partial charge in [-0.15, -0.1) is 11.8 Å². The highest BCUT2D eigenvalue weighted by Crippen LogP contribution is 2.27. The molecule has 12 heavy (non-hydrogen) atoms. The molecule has 0 radical (unpaired) electrons. The van der Waals surface area contributed by atoms with E-state index in [1.54, 1.807) is 6.07 Å². The van der Waals surface area contributed by atoms with Crippen LogP contribution in [0.3, 0.4) is 0 Å². The largest absolute Gasteiger partial charge is 0.507 e. The van der Waals surface area contributed by atoms with E-state index in [4.69, 9.17) is 5.90 Å². The molecule has 0 fully saturated rings. The monoisotopic (exact) mass is 185 g/mol. The van der Waals surface area contributed by atoms with Gasteiger partial charge in [0.1, 0.15) is 5.75 Å². The number of thioether (sulfide) groups is 1. The summed E-state index contributed by atoms with van der Waals surface area (Å²) < 4.78 is 0. The lowest BCUT2D eigenvalue weighted by Crippen LogP contribution is -1.98. The van der Waals surface area contributed by atoms with E-state index in [9.17, 15) is 5.11 Å². The second-order valence-electron chi connectivity index (χ2n) is 2.32. The summed E-state index contributed by atoms with van der Waals surface area (Å²) in [6.45, 7) is 0.322. The van der Waals surface area contributed by atoms with Gasteiger partial charge in [0.05, 0.1) is 6.61 Å². The summed E-state index contributed by atoms with van der Waals surface area (Å²) in [6, 6.07) is 5.37. The Kier molecular flexibility index (Phi) is 3.40. The zero-order valence-electron chi connectivity index (χ0n) is 6.78. The van der Waals surface area contributed by atoms with Crippen LogP contribution in [0.25, 0.3) is 0 Å². The van der Waals surface area contributed by atoms with Gasteiger partial charge in [0, 0.05) is 4.90 Å². The Hall–Kier alpha value is -0.710. The van der Waals surface area contributed by atoms with Crippen molar-refractivity contribution in [1.29, 1.82) is 0 Å². The summed E-state index contributed by atoms with van der Waals surface area (Å²) in [6.07, 6.45) is 1.91. The van der Waals surface area contributed by atoms with Gasteiger partial charge in [-0.1, -0.05) is 6.07 Å². The van der Waals surface area contributed by atoms with Gasteiger partial charge in [0.15, 0.2) is 0 Å². The zero-order chi connectivity index (χ0) is 8.97. The fourth-order valence-electron chi connectivity index (χ4n) is 0.922. The quantitative estimate of drug-likeness (QED) is 0.553. The second kappa shape index (κ2) is 4.35. The molecule has 4 heteroatoms. The van der Waals surface area contributed by atoms with E-state index >= 15 is 0 Å². The molecule has 0 aromatic heterocycles. The molecular weight excluding hydrogens is 174 g/mol. The molecule has 66 valence electrons. The number of rotatable bonds is 3. The standard InChI is InChI=1S/C8H11NO2S/c1-12-8-3-2-6(5-11-9)4-7(8)10/h2-4,10H,5,9H2,1H3. The number of aromatic hydroxyl groups is 1. The molecule has 0 heterocycles. The van der Waals surface area contributed by atoms with Crippen LogP contribution in [0, 0.1) is 0 Å². The minimum Gasteiger partial charge on any atom is -0.507 e. The van der Waals surface area contributed by atoms with E-state index in [0.29, 0.717) is 6.61 Å². The van der Waals surface area contributed by atoms with Crippen molar-refractivity contribution in [2.45, 2.75) is 11.5 Å². The number of benzene rings is 1. The van der Waals surface area contributed by atoms with Crippen LogP contribution in [0.5, 0.6) is 5.75 Å². The van der Waals surface area contributed by atoms with Gasteiger partial charge in [0.2, 0.25) is 0 Å². The van der Waals surface area contributed by atoms with E-state index < -0.39 is 0 Å². The topological polar surface area (TPSA) is 55.5 Å². The van der Waals surface area contributed by atoms with Crippen molar-refractivity contribution in [2.75, 3.05) is 6.26 Å². The molecule has 3 nitrogen and oxygen atoms in total. The number of nitrogens with two attached hydrogens (primary N) is 1. The van der Waals surface area contributed by atoms with E-state index in [1.165, 1.54) is 11.8 Å². The van der Waals surface area contributed by atoms with Gasteiger partial charge in [-0.2, -0.15) is 0 Å². The molecule has 1 rings (SSSR count). The Bertz CT molecular complexity index is 265. The Morgan fingerprint density at radius 1 is 1.58 bits per heavy atom. The maximum absolute atomic E-state index is 9.40. The normalized spacial score (nSPS) is 10.2. The first-order valence-electron chi connectivity index (χ1n) is 3.45. The minimum atomic E-state index is 0.275. The number of phenols is 1. The smallest absolute Gasteiger partial charge is 0.129 e. The van der Waals surface area contributed by atoms with Crippen LogP contribution in [0.4, 0.5) is 0 Å². The van der Waals surface area contributed by atoms with Gasteiger partial charge in [-0.25, -0.2) is 5.90 Å². The molecule has 0 aliphatic rings. The number of hydrogen-bond donors (Lipinski definition) is 2. The highest BCUT2D eigenvalue weighted by Gasteiger charge is 2.00. The fraction of sp³-hybridized carbons (Fsp3) is 0.250. The summed E-state index contributed by atoms with van der Waals surface area (Å²) in [5.41, 5.74) is 0.868. The van der Waals surface area contributed by atoms with Crippen LogP contribution in [0.1, 0.15) is 5.56 Å². The molecule has 0 aliphatic carbocycles. The highest BCUT2D eigenvalue weighted by atomic mass is 32.2. The first kappa shape index (κ1) is 9.38. The zero-order valence-corrected chi connectivity index (χ0v) is 7.60. The van der Waals surface area contributed by atoms with E-state index in [-0.39, 0.29) is 5.75 Å². The third kappa shape index (κ3) is 2.14. The maximum Gasteiger partial charge on any atom is 0.129 e. The molecule has 1 aromatic rings. The third-order valence-electron chi connectivity index (χ3n) is 1.49. The van der Waals surface area contributed by atoms with Crippen molar-refractivity contribution in [3.05, 3.63) is 23.8 Å². The maximum atomic E-state index is 9.40. The van der Waals surface area contributed by atoms with E-state index in [1.807, 2.05) is 18.4 Å². The van der Waals surface area contributed by atoms with Gasteiger partial charge in [0.25, 0.3) is 0 Å². The van der Waals surface area contributed by atoms with Crippen molar-refractivity contribution in [1.82, 2.24) is 0 Å². The molecule has 0 spiro atoms. The predicted molar refractivity (Wildman–Crippen MR) is 48.9 cm³/mol. The summed E-state index contributed by atoms with van der Waals surface area (Å²) >= 11 is 1.50. The van der Waals surface area contributed by atoms with Gasteiger partial charge < -0.3 is 5.11 Å². The summed E-state index contributed by atoms with van der Waals surface area (Å²) in [4.78, 5) is 5.30. The summed E-state index contributed by atoms with van der Waals surface area (Å²) in [5, 5.41) is 9.40. The second-order valence-corrected chi connectivity index (χ2v) is 3.17. The van der Waals surface area contributed by atoms with Crippen LogP contribution in [-0.4, -0.2) is 11.4 Å². The lowest BCUT2D eigenvalue weighted by molar-refractivity contribution is 0.124. The molecule has 0 saturated carbocycles. The first-order valence-corrected chi connectivity index (χ1v) is 4.68. The molecule has 0 aliphatic heterocycles. The van der Waals surface area contributed by atoms with Crippen LogP contribution in [0.15, 0.2) is 23.1 Å². The van der Waals surface area contributed by atoms with Crippen LogP contribution in [-0.2, 0) is 11.4 Å². The molecule has 1 aromatic carbocycles. The van der Waals surface area contributed by atoms with Crippen molar-refractivity contribution in [3.8, 4) is 5.75 Å². The van der Waals surface area contributed by atoms with E-state index in [2.05, 4.69) is 4.84 Å². The average molecular weight is 185 g/mol. The Labute approximate surface area is 75.5 Å². The van der Waals surface area contributed by atoms with Gasteiger partial charge in [-0.3, -0.25) is 4.84 Å². The van der Waals surface area contributed by atoms with Crippen molar-refractivity contribution >= 4 is 11.8 Å². The van der Waals surface area contributed by atoms with Crippen LogP contribution in [0.2, 0.25) is 0 Å². The van der Waals surface area contributed by atoms with Gasteiger partial charge >= 0.3 is 0 Å². The molecule has 0 bridgehead atoms. The summed E-state index contributed by atoms with van der Waals surface area (Å²) in [7, 11) is 0. The lowest BCUT2D eigenvalue weighted by atomic mass is 10.2. The SMILES string of the molecule is CSc1ccc(CON)cc1O. The first-order chi connectivity index (χ1) is 5.77. The summed E-state index contributed by atoms with van der Waals surface area (Å²) in [5.74, 6) is 5.17. The number of phenolic OH excluding ortho intramolecular Hbond substituents is 1. The average Bonchev–Trinajstić information content (AvgIpc) is 2.05. The third-order valence-corrected chi connectivity index (χ3v) is 2.28. The molecule has 0 unspecified atom stereocenters. The van der Waals surface area contributed by atoms with Crippen molar-refractivity contribution < 1.29 is 9.94 Å². The van der Waals surface area contributed by atoms with E-state index in [0.717, 1.165) is 10.5 Å². The molecular formula is C8H11NO2S. The minimum absolute atomic E-state index is 0.275. The molecule has 3 N–H and O–H groups in total.